The van der Waals surface area contributed by atoms with Gasteiger partial charge in [0.1, 0.15) is 0 Å². The molecule has 0 radical (unpaired) electrons. The first kappa shape index (κ1) is 24.6. The molecular formula is C46H25N3. The second-order valence-electron chi connectivity index (χ2n) is 13.7. The summed E-state index contributed by atoms with van der Waals surface area (Å²) in [5.74, 6) is 0. The van der Waals surface area contributed by atoms with E-state index in [1.165, 1.54) is 114 Å². The summed E-state index contributed by atoms with van der Waals surface area (Å²) in [6.07, 6.45) is 0. The molecule has 0 atom stereocenters. The molecule has 0 saturated heterocycles. The van der Waals surface area contributed by atoms with E-state index in [-0.39, 0.29) is 0 Å². The third-order valence-corrected chi connectivity index (χ3v) is 11.4. The monoisotopic (exact) mass is 619 g/mol. The molecule has 13 aromatic rings. The van der Waals surface area contributed by atoms with Gasteiger partial charge < -0.3 is 13.4 Å². The highest BCUT2D eigenvalue weighted by molar-refractivity contribution is 6.34. The molecule has 5 aromatic heterocycles. The quantitative estimate of drug-likeness (QED) is 0.174. The van der Waals surface area contributed by atoms with Crippen molar-refractivity contribution in [3.8, 4) is 5.69 Å². The van der Waals surface area contributed by atoms with Gasteiger partial charge in [0, 0.05) is 59.5 Å². The highest BCUT2D eigenvalue weighted by Crippen LogP contribution is 2.47. The second kappa shape index (κ2) is 8.28. The van der Waals surface area contributed by atoms with Crippen molar-refractivity contribution in [2.75, 3.05) is 0 Å². The number of nitrogens with zero attached hydrogens (tertiary/aromatic N) is 3. The predicted molar refractivity (Wildman–Crippen MR) is 208 cm³/mol. The van der Waals surface area contributed by atoms with Crippen molar-refractivity contribution in [3.63, 3.8) is 0 Å². The minimum Gasteiger partial charge on any atom is -0.309 e. The van der Waals surface area contributed by atoms with Crippen molar-refractivity contribution in [3.05, 3.63) is 152 Å². The number of hydrogen-bond acceptors (Lipinski definition) is 0. The molecule has 0 N–H and O–H groups in total. The highest BCUT2D eigenvalue weighted by Gasteiger charge is 2.24. The Kier molecular flexibility index (Phi) is 4.15. The van der Waals surface area contributed by atoms with Crippen LogP contribution in [-0.4, -0.2) is 13.4 Å². The normalized spacial score (nSPS) is 12.9. The first-order valence-corrected chi connectivity index (χ1v) is 17.0. The molecule has 5 heterocycles. The van der Waals surface area contributed by atoms with Gasteiger partial charge in [-0.3, -0.25) is 0 Å². The van der Waals surface area contributed by atoms with Gasteiger partial charge in [0.05, 0.1) is 44.1 Å². The van der Waals surface area contributed by atoms with Crippen LogP contribution in [0.5, 0.6) is 0 Å². The smallest absolute Gasteiger partial charge is 0.0626 e. The van der Waals surface area contributed by atoms with Gasteiger partial charge in [-0.05, 0) is 65.4 Å². The van der Waals surface area contributed by atoms with Crippen LogP contribution in [0.15, 0.2) is 152 Å². The van der Waals surface area contributed by atoms with Crippen molar-refractivity contribution >= 4 is 109 Å². The lowest BCUT2D eigenvalue weighted by Gasteiger charge is -2.07. The van der Waals surface area contributed by atoms with E-state index in [4.69, 9.17) is 0 Å². The van der Waals surface area contributed by atoms with E-state index in [1.807, 2.05) is 0 Å². The lowest BCUT2D eigenvalue weighted by Crippen LogP contribution is -1.92. The van der Waals surface area contributed by atoms with Crippen LogP contribution in [0.25, 0.3) is 114 Å². The van der Waals surface area contributed by atoms with Crippen molar-refractivity contribution in [2.45, 2.75) is 0 Å². The summed E-state index contributed by atoms with van der Waals surface area (Å²) >= 11 is 0. The third-order valence-electron chi connectivity index (χ3n) is 11.4. The van der Waals surface area contributed by atoms with Crippen LogP contribution < -0.4 is 0 Å². The average molecular weight is 620 g/mol. The maximum Gasteiger partial charge on any atom is 0.0626 e. The fourth-order valence-corrected chi connectivity index (χ4v) is 9.53. The summed E-state index contributed by atoms with van der Waals surface area (Å²) in [6.45, 7) is 0. The first-order chi connectivity index (χ1) is 24.3. The van der Waals surface area contributed by atoms with Gasteiger partial charge in [-0.2, -0.15) is 0 Å². The molecule has 49 heavy (non-hydrogen) atoms. The van der Waals surface area contributed by atoms with E-state index in [1.54, 1.807) is 0 Å². The van der Waals surface area contributed by atoms with E-state index in [9.17, 15) is 0 Å². The topological polar surface area (TPSA) is 13.8 Å². The van der Waals surface area contributed by atoms with Gasteiger partial charge in [0.15, 0.2) is 0 Å². The van der Waals surface area contributed by atoms with Crippen LogP contribution in [0.2, 0.25) is 0 Å². The van der Waals surface area contributed by atoms with Gasteiger partial charge in [0.2, 0.25) is 0 Å². The van der Waals surface area contributed by atoms with Gasteiger partial charge in [-0.15, -0.1) is 0 Å². The van der Waals surface area contributed by atoms with E-state index in [0.29, 0.717) is 0 Å². The molecule has 0 bridgehead atoms. The summed E-state index contributed by atoms with van der Waals surface area (Å²) in [6, 6.07) is 56.5. The molecule has 0 unspecified atom stereocenters. The summed E-state index contributed by atoms with van der Waals surface area (Å²) < 4.78 is 7.50. The number of rotatable bonds is 1. The van der Waals surface area contributed by atoms with Crippen LogP contribution in [0.4, 0.5) is 0 Å². The second-order valence-corrected chi connectivity index (χ2v) is 13.7. The Bertz CT molecular complexity index is 3540. The molecule has 13 rings (SSSR count). The number of hydrogen-bond donors (Lipinski definition) is 0. The van der Waals surface area contributed by atoms with Gasteiger partial charge in [-0.25, -0.2) is 0 Å². The lowest BCUT2D eigenvalue weighted by molar-refractivity contribution is 1.18. The fraction of sp³-hybridized carbons (Fsp3) is 0. The maximum absolute atomic E-state index is 2.55. The minimum absolute atomic E-state index is 1.18. The van der Waals surface area contributed by atoms with Crippen LogP contribution >= 0.6 is 0 Å². The minimum atomic E-state index is 1.18. The molecule has 3 heteroatoms. The van der Waals surface area contributed by atoms with E-state index in [0.717, 1.165) is 0 Å². The Balaban J connectivity index is 1.24. The first-order valence-electron chi connectivity index (χ1n) is 17.0. The molecule has 0 saturated carbocycles. The lowest BCUT2D eigenvalue weighted by atomic mass is 9.99. The summed E-state index contributed by atoms with van der Waals surface area (Å²) in [5, 5.41) is 15.7. The Labute approximate surface area is 278 Å². The van der Waals surface area contributed by atoms with Crippen LogP contribution in [0.1, 0.15) is 0 Å². The molecular weight excluding hydrogens is 595 g/mol. The van der Waals surface area contributed by atoms with Gasteiger partial charge in [0.25, 0.3) is 0 Å². The molecule has 3 nitrogen and oxygen atoms in total. The highest BCUT2D eigenvalue weighted by atomic mass is 15.0. The Hall–Kier alpha value is -6.58. The summed E-state index contributed by atoms with van der Waals surface area (Å²) in [5.41, 5.74) is 11.3. The predicted octanol–water partition coefficient (Wildman–Crippen LogP) is 12.2. The number of para-hydroxylation sites is 4. The van der Waals surface area contributed by atoms with E-state index in [2.05, 4.69) is 165 Å². The summed E-state index contributed by atoms with van der Waals surface area (Å²) in [7, 11) is 0. The van der Waals surface area contributed by atoms with Crippen LogP contribution in [0, 0.1) is 0 Å². The molecule has 8 aromatic carbocycles. The maximum atomic E-state index is 2.55. The third kappa shape index (κ3) is 2.77. The molecule has 0 aliphatic carbocycles. The zero-order valence-electron chi connectivity index (χ0n) is 26.3. The van der Waals surface area contributed by atoms with Gasteiger partial charge in [-0.1, -0.05) is 97.1 Å². The van der Waals surface area contributed by atoms with Crippen molar-refractivity contribution < 1.29 is 0 Å². The Morgan fingerprint density at radius 3 is 1.69 bits per heavy atom. The van der Waals surface area contributed by atoms with Crippen molar-refractivity contribution in [1.82, 2.24) is 13.4 Å². The summed E-state index contributed by atoms with van der Waals surface area (Å²) in [4.78, 5) is 0. The van der Waals surface area contributed by atoms with E-state index < -0.39 is 0 Å². The Morgan fingerprint density at radius 1 is 0.286 bits per heavy atom. The van der Waals surface area contributed by atoms with Crippen LogP contribution in [-0.2, 0) is 0 Å². The standard InChI is InChI=1S/C46H25N3/c1-2-12-27(13-3-1)47-38-19-8-6-15-29(38)35-23-41-36(24-40(35)47)31-18-10-17-30-33-22-34-37-21-26-11-4-5-14-28(26)44-32-16-7-9-20-39(32)48(46(37)44)43(34)25-42(33)49(41)45(30)31/h1-25H. The molecule has 0 fully saturated rings. The SMILES string of the molecule is c1ccc(-n2c3ccccc3c3cc4c(cc32)c2cccc3c5cc6c7cc8ccccc8c8c9ccccc9n(c6cc5n4c23)c78)cc1. The fourth-order valence-electron chi connectivity index (χ4n) is 9.53. The van der Waals surface area contributed by atoms with Crippen LogP contribution in [0.3, 0.4) is 0 Å². The van der Waals surface area contributed by atoms with Crippen molar-refractivity contribution in [2.24, 2.45) is 0 Å². The molecule has 0 spiro atoms. The zero-order valence-corrected chi connectivity index (χ0v) is 26.3. The van der Waals surface area contributed by atoms with Crippen molar-refractivity contribution in [1.29, 1.82) is 0 Å². The zero-order chi connectivity index (χ0) is 31.5. The molecule has 0 aliphatic rings. The van der Waals surface area contributed by atoms with Gasteiger partial charge >= 0.3 is 0 Å². The number of aromatic nitrogens is 3. The largest absolute Gasteiger partial charge is 0.309 e. The molecule has 224 valence electrons. The molecule has 0 aliphatic heterocycles. The average Bonchev–Trinajstić information content (AvgIpc) is 3.93. The van der Waals surface area contributed by atoms with E-state index >= 15 is 0 Å². The number of fused-ring (bicyclic) bond motifs is 17. The Morgan fingerprint density at radius 2 is 0.857 bits per heavy atom. The number of benzene rings is 8. The molecule has 0 amide bonds.